The standard InChI is InChI=1S/C22H18N4O3/c27-21-13-24-26(20-9-2-1-8-19(20)21)14-22(28)25-17-6-3-7-18(11-17)29-15-16-5-4-10-23-12-16/h1-13H,14-15H2,(H,25,28). The third-order valence-corrected chi connectivity index (χ3v) is 4.30. The molecule has 0 unspecified atom stereocenters. The maximum Gasteiger partial charge on any atom is 0.246 e. The fourth-order valence-corrected chi connectivity index (χ4v) is 2.94. The lowest BCUT2D eigenvalue weighted by molar-refractivity contribution is -0.116. The zero-order valence-corrected chi connectivity index (χ0v) is 15.5. The van der Waals surface area contributed by atoms with Crippen molar-refractivity contribution in [1.82, 2.24) is 14.8 Å². The second-order valence-corrected chi connectivity index (χ2v) is 6.41. The summed E-state index contributed by atoms with van der Waals surface area (Å²) in [5, 5.41) is 7.45. The lowest BCUT2D eigenvalue weighted by atomic mass is 10.2. The van der Waals surface area contributed by atoms with Crippen molar-refractivity contribution >= 4 is 22.5 Å². The van der Waals surface area contributed by atoms with E-state index in [1.54, 1.807) is 54.9 Å². The topological polar surface area (TPSA) is 86.1 Å². The van der Waals surface area contributed by atoms with Crippen LogP contribution in [0.3, 0.4) is 0 Å². The smallest absolute Gasteiger partial charge is 0.246 e. The summed E-state index contributed by atoms with van der Waals surface area (Å²) in [4.78, 5) is 28.5. The Balaban J connectivity index is 1.44. The highest BCUT2D eigenvalue weighted by atomic mass is 16.5. The molecule has 0 bridgehead atoms. The van der Waals surface area contributed by atoms with E-state index in [1.807, 2.05) is 18.2 Å². The molecule has 4 rings (SSSR count). The van der Waals surface area contributed by atoms with E-state index in [2.05, 4.69) is 15.4 Å². The molecule has 29 heavy (non-hydrogen) atoms. The number of pyridine rings is 1. The highest BCUT2D eigenvalue weighted by molar-refractivity contribution is 5.91. The summed E-state index contributed by atoms with van der Waals surface area (Å²) in [5.74, 6) is 0.384. The number of ether oxygens (including phenoxy) is 1. The fourth-order valence-electron chi connectivity index (χ4n) is 2.94. The lowest BCUT2D eigenvalue weighted by Crippen LogP contribution is -2.22. The van der Waals surface area contributed by atoms with Gasteiger partial charge in [-0.2, -0.15) is 5.10 Å². The van der Waals surface area contributed by atoms with E-state index < -0.39 is 0 Å². The number of benzene rings is 2. The number of anilines is 1. The van der Waals surface area contributed by atoms with Gasteiger partial charge in [0.15, 0.2) is 0 Å². The van der Waals surface area contributed by atoms with Crippen LogP contribution < -0.4 is 15.5 Å². The number of fused-ring (bicyclic) bond motifs is 1. The average molecular weight is 386 g/mol. The van der Waals surface area contributed by atoms with E-state index in [4.69, 9.17) is 4.74 Å². The van der Waals surface area contributed by atoms with Gasteiger partial charge in [0.25, 0.3) is 0 Å². The van der Waals surface area contributed by atoms with Crippen LogP contribution in [0.5, 0.6) is 5.75 Å². The summed E-state index contributed by atoms with van der Waals surface area (Å²) in [5.41, 5.74) is 2.02. The van der Waals surface area contributed by atoms with Crippen molar-refractivity contribution in [2.24, 2.45) is 0 Å². The largest absolute Gasteiger partial charge is 0.489 e. The molecule has 144 valence electrons. The summed E-state index contributed by atoms with van der Waals surface area (Å²) >= 11 is 0. The van der Waals surface area contributed by atoms with Crippen molar-refractivity contribution in [3.05, 3.63) is 95.0 Å². The molecule has 0 saturated heterocycles. The van der Waals surface area contributed by atoms with Crippen LogP contribution in [0.25, 0.3) is 10.9 Å². The monoisotopic (exact) mass is 386 g/mol. The lowest BCUT2D eigenvalue weighted by Gasteiger charge is -2.11. The molecular weight excluding hydrogens is 368 g/mol. The van der Waals surface area contributed by atoms with Gasteiger partial charge in [0.1, 0.15) is 18.9 Å². The molecule has 0 aliphatic carbocycles. The van der Waals surface area contributed by atoms with Crippen molar-refractivity contribution in [1.29, 1.82) is 0 Å². The molecule has 0 aliphatic heterocycles. The van der Waals surface area contributed by atoms with Crippen LogP contribution in [-0.4, -0.2) is 20.7 Å². The second-order valence-electron chi connectivity index (χ2n) is 6.41. The van der Waals surface area contributed by atoms with Crippen LogP contribution in [0.4, 0.5) is 5.69 Å². The van der Waals surface area contributed by atoms with Crippen LogP contribution in [0, 0.1) is 0 Å². The number of hydrogen-bond acceptors (Lipinski definition) is 5. The van der Waals surface area contributed by atoms with Crippen molar-refractivity contribution in [2.45, 2.75) is 13.2 Å². The van der Waals surface area contributed by atoms with Crippen LogP contribution in [0.1, 0.15) is 5.56 Å². The highest BCUT2D eigenvalue weighted by Crippen LogP contribution is 2.19. The van der Waals surface area contributed by atoms with Gasteiger partial charge in [0, 0.05) is 35.1 Å². The molecule has 2 aromatic heterocycles. The van der Waals surface area contributed by atoms with Crippen molar-refractivity contribution in [3.63, 3.8) is 0 Å². The average Bonchev–Trinajstić information content (AvgIpc) is 2.75. The number of nitrogens with one attached hydrogen (secondary N) is 1. The predicted octanol–water partition coefficient (Wildman–Crippen LogP) is 3.01. The van der Waals surface area contributed by atoms with Gasteiger partial charge in [0.2, 0.25) is 11.3 Å². The maximum absolute atomic E-state index is 12.5. The number of para-hydroxylation sites is 1. The van der Waals surface area contributed by atoms with Gasteiger partial charge >= 0.3 is 0 Å². The maximum atomic E-state index is 12.5. The summed E-state index contributed by atoms with van der Waals surface area (Å²) in [7, 11) is 0. The zero-order valence-electron chi connectivity index (χ0n) is 15.5. The van der Waals surface area contributed by atoms with Crippen LogP contribution in [0.2, 0.25) is 0 Å². The number of carbonyl (C=O) groups excluding carboxylic acids is 1. The molecule has 1 amide bonds. The first-order valence-corrected chi connectivity index (χ1v) is 9.05. The Kier molecular flexibility index (Phi) is 5.29. The normalized spacial score (nSPS) is 10.6. The van der Waals surface area contributed by atoms with E-state index in [9.17, 15) is 9.59 Å². The minimum absolute atomic E-state index is 0.0123. The second kappa shape index (κ2) is 8.35. The van der Waals surface area contributed by atoms with E-state index in [-0.39, 0.29) is 17.9 Å². The summed E-state index contributed by atoms with van der Waals surface area (Å²) in [6.45, 7) is 0.375. The Hall–Kier alpha value is -4.00. The third kappa shape index (κ3) is 4.47. The zero-order chi connectivity index (χ0) is 20.1. The molecule has 4 aromatic rings. The Bertz CT molecular complexity index is 1210. The number of nitrogens with zero attached hydrogens (tertiary/aromatic N) is 3. The van der Waals surface area contributed by atoms with Crippen molar-refractivity contribution in [2.75, 3.05) is 5.32 Å². The molecule has 0 aliphatic rings. The number of rotatable bonds is 6. The molecule has 7 heteroatoms. The molecule has 2 heterocycles. The number of aromatic nitrogens is 3. The van der Waals surface area contributed by atoms with Crippen LogP contribution in [-0.2, 0) is 17.9 Å². The number of amides is 1. The third-order valence-electron chi connectivity index (χ3n) is 4.30. The molecule has 0 saturated carbocycles. The fraction of sp³-hybridized carbons (Fsp3) is 0.0909. The van der Waals surface area contributed by atoms with Gasteiger partial charge in [0.05, 0.1) is 11.7 Å². The van der Waals surface area contributed by atoms with Gasteiger partial charge in [-0.3, -0.25) is 19.3 Å². The van der Waals surface area contributed by atoms with E-state index in [0.717, 1.165) is 5.56 Å². The quantitative estimate of drug-likeness (QED) is 0.551. The molecule has 0 fully saturated rings. The Morgan fingerprint density at radius 1 is 1.03 bits per heavy atom. The summed E-state index contributed by atoms with van der Waals surface area (Å²) in [6, 6.07) is 18.0. The molecule has 7 nitrogen and oxygen atoms in total. The highest BCUT2D eigenvalue weighted by Gasteiger charge is 2.09. The molecule has 0 spiro atoms. The molecule has 1 N–H and O–H groups in total. The summed E-state index contributed by atoms with van der Waals surface area (Å²) < 4.78 is 7.27. The van der Waals surface area contributed by atoms with Gasteiger partial charge in [-0.1, -0.05) is 24.3 Å². The first kappa shape index (κ1) is 18.4. The minimum Gasteiger partial charge on any atom is -0.489 e. The van der Waals surface area contributed by atoms with Gasteiger partial charge in [-0.15, -0.1) is 0 Å². The first-order chi connectivity index (χ1) is 14.2. The Morgan fingerprint density at radius 3 is 2.79 bits per heavy atom. The Morgan fingerprint density at radius 2 is 1.93 bits per heavy atom. The molecule has 0 atom stereocenters. The number of carbonyl (C=O) groups is 1. The molecular formula is C22H18N4O3. The number of hydrogen-bond donors (Lipinski definition) is 1. The summed E-state index contributed by atoms with van der Waals surface area (Å²) in [6.07, 6.45) is 4.68. The van der Waals surface area contributed by atoms with E-state index in [1.165, 1.54) is 10.9 Å². The van der Waals surface area contributed by atoms with E-state index >= 15 is 0 Å². The molecule has 2 aromatic carbocycles. The van der Waals surface area contributed by atoms with Crippen LogP contribution >= 0.6 is 0 Å². The Labute approximate surface area is 166 Å². The van der Waals surface area contributed by atoms with Crippen LogP contribution in [0.15, 0.2) is 84.0 Å². The van der Waals surface area contributed by atoms with Crippen molar-refractivity contribution in [3.8, 4) is 5.75 Å². The van der Waals surface area contributed by atoms with Gasteiger partial charge < -0.3 is 10.1 Å². The van der Waals surface area contributed by atoms with Crippen molar-refractivity contribution < 1.29 is 9.53 Å². The van der Waals surface area contributed by atoms with Gasteiger partial charge in [-0.25, -0.2) is 0 Å². The predicted molar refractivity (Wildman–Crippen MR) is 110 cm³/mol. The van der Waals surface area contributed by atoms with E-state index in [0.29, 0.717) is 28.9 Å². The minimum atomic E-state index is -0.254. The first-order valence-electron chi connectivity index (χ1n) is 9.05. The SMILES string of the molecule is O=C(Cn1ncc(=O)c2ccccc21)Nc1cccc(OCc2cccnc2)c1. The van der Waals surface area contributed by atoms with Gasteiger partial charge in [-0.05, 0) is 30.3 Å². The molecule has 0 radical (unpaired) electrons.